The SMILES string of the molecule is CCOC(=O)Cc1nc(C2(C)CCCO2)no1. The summed E-state index contributed by atoms with van der Waals surface area (Å²) in [6, 6.07) is 0. The number of aromatic nitrogens is 2. The molecule has 6 heteroatoms. The Morgan fingerprint density at radius 3 is 3.06 bits per heavy atom. The van der Waals surface area contributed by atoms with E-state index < -0.39 is 5.60 Å². The fraction of sp³-hybridized carbons (Fsp3) is 0.727. The number of ether oxygens (including phenoxy) is 2. The van der Waals surface area contributed by atoms with Gasteiger partial charge in [-0.05, 0) is 26.7 Å². The lowest BCUT2D eigenvalue weighted by Gasteiger charge is -2.17. The third-order valence-corrected chi connectivity index (χ3v) is 2.76. The Kier molecular flexibility index (Phi) is 3.42. The molecule has 1 atom stereocenters. The second kappa shape index (κ2) is 4.83. The number of hydrogen-bond acceptors (Lipinski definition) is 6. The molecule has 1 aromatic heterocycles. The fourth-order valence-electron chi connectivity index (χ4n) is 1.83. The third-order valence-electron chi connectivity index (χ3n) is 2.76. The molecule has 0 aromatic carbocycles. The quantitative estimate of drug-likeness (QED) is 0.736. The van der Waals surface area contributed by atoms with Crippen molar-refractivity contribution in [3.05, 3.63) is 11.7 Å². The average Bonchev–Trinajstić information content (AvgIpc) is 2.88. The van der Waals surface area contributed by atoms with E-state index in [0.717, 1.165) is 12.8 Å². The number of carbonyl (C=O) groups excluding carboxylic acids is 1. The van der Waals surface area contributed by atoms with Gasteiger partial charge >= 0.3 is 5.97 Å². The molecule has 0 radical (unpaired) electrons. The number of hydrogen-bond donors (Lipinski definition) is 0. The van der Waals surface area contributed by atoms with Crippen LogP contribution < -0.4 is 0 Å². The molecule has 1 saturated heterocycles. The number of nitrogens with zero attached hydrogens (tertiary/aromatic N) is 2. The summed E-state index contributed by atoms with van der Waals surface area (Å²) < 4.78 is 15.4. The lowest BCUT2D eigenvalue weighted by Crippen LogP contribution is -2.21. The van der Waals surface area contributed by atoms with E-state index in [2.05, 4.69) is 10.1 Å². The van der Waals surface area contributed by atoms with Crippen LogP contribution >= 0.6 is 0 Å². The van der Waals surface area contributed by atoms with Crippen molar-refractivity contribution < 1.29 is 18.8 Å². The maximum Gasteiger partial charge on any atom is 0.315 e. The van der Waals surface area contributed by atoms with Gasteiger partial charge in [0.15, 0.2) is 0 Å². The normalized spacial score (nSPS) is 23.9. The molecule has 0 amide bonds. The summed E-state index contributed by atoms with van der Waals surface area (Å²) in [5, 5.41) is 3.86. The van der Waals surface area contributed by atoms with Gasteiger partial charge in [0, 0.05) is 6.61 Å². The summed E-state index contributed by atoms with van der Waals surface area (Å²) in [5.41, 5.74) is -0.476. The second-order valence-electron chi connectivity index (χ2n) is 4.18. The molecule has 0 spiro atoms. The monoisotopic (exact) mass is 240 g/mol. The van der Waals surface area contributed by atoms with Crippen molar-refractivity contribution >= 4 is 5.97 Å². The highest BCUT2D eigenvalue weighted by Gasteiger charge is 2.36. The zero-order valence-corrected chi connectivity index (χ0v) is 10.1. The number of esters is 1. The van der Waals surface area contributed by atoms with Crippen LogP contribution in [-0.4, -0.2) is 29.3 Å². The fourth-order valence-corrected chi connectivity index (χ4v) is 1.83. The molecule has 1 aliphatic heterocycles. The van der Waals surface area contributed by atoms with E-state index in [0.29, 0.717) is 19.0 Å². The highest BCUT2D eigenvalue weighted by Crippen LogP contribution is 2.33. The van der Waals surface area contributed by atoms with Gasteiger partial charge in [-0.1, -0.05) is 5.16 Å². The lowest BCUT2D eigenvalue weighted by molar-refractivity contribution is -0.142. The van der Waals surface area contributed by atoms with Gasteiger partial charge in [-0.2, -0.15) is 4.98 Å². The van der Waals surface area contributed by atoms with Gasteiger partial charge in [-0.15, -0.1) is 0 Å². The van der Waals surface area contributed by atoms with Crippen molar-refractivity contribution in [2.24, 2.45) is 0 Å². The zero-order valence-electron chi connectivity index (χ0n) is 10.1. The van der Waals surface area contributed by atoms with Crippen molar-refractivity contribution in [1.29, 1.82) is 0 Å². The van der Waals surface area contributed by atoms with Crippen molar-refractivity contribution in [1.82, 2.24) is 10.1 Å². The molecule has 1 fully saturated rings. The molecule has 0 aliphatic carbocycles. The Hall–Kier alpha value is -1.43. The predicted octanol–water partition coefficient (Wildman–Crippen LogP) is 1.20. The summed E-state index contributed by atoms with van der Waals surface area (Å²) in [6.07, 6.45) is 1.86. The minimum atomic E-state index is -0.476. The Bertz CT molecular complexity index is 396. The molecular formula is C11H16N2O4. The highest BCUT2D eigenvalue weighted by molar-refractivity contribution is 5.71. The standard InChI is InChI=1S/C11H16N2O4/c1-3-15-9(14)7-8-12-10(13-17-8)11(2)5-4-6-16-11/h3-7H2,1-2H3. The van der Waals surface area contributed by atoms with Crippen LogP contribution in [-0.2, 0) is 26.3 Å². The van der Waals surface area contributed by atoms with E-state index in [1.807, 2.05) is 6.92 Å². The summed E-state index contributed by atoms with van der Waals surface area (Å²) in [6.45, 7) is 4.74. The van der Waals surface area contributed by atoms with E-state index >= 15 is 0 Å². The molecule has 6 nitrogen and oxygen atoms in total. The predicted molar refractivity (Wildman–Crippen MR) is 57.2 cm³/mol. The van der Waals surface area contributed by atoms with E-state index in [9.17, 15) is 4.79 Å². The first-order valence-corrected chi connectivity index (χ1v) is 5.77. The molecule has 0 saturated carbocycles. The first-order chi connectivity index (χ1) is 8.14. The highest BCUT2D eigenvalue weighted by atomic mass is 16.5. The molecular weight excluding hydrogens is 224 g/mol. The Morgan fingerprint density at radius 1 is 1.59 bits per heavy atom. The van der Waals surface area contributed by atoms with Crippen molar-refractivity contribution in [2.75, 3.05) is 13.2 Å². The maximum atomic E-state index is 11.2. The molecule has 17 heavy (non-hydrogen) atoms. The van der Waals surface area contributed by atoms with Gasteiger partial charge in [0.25, 0.3) is 0 Å². The first kappa shape index (κ1) is 12.0. The third kappa shape index (κ3) is 2.63. The van der Waals surface area contributed by atoms with Gasteiger partial charge in [-0.3, -0.25) is 4.79 Å². The Labute approximate surface area is 99.3 Å². The summed E-state index contributed by atoms with van der Waals surface area (Å²) in [4.78, 5) is 15.4. The molecule has 0 bridgehead atoms. The smallest absolute Gasteiger partial charge is 0.315 e. The molecule has 1 aromatic rings. The Balaban J connectivity index is 2.03. The lowest BCUT2D eigenvalue weighted by atomic mass is 10.0. The summed E-state index contributed by atoms with van der Waals surface area (Å²) >= 11 is 0. The van der Waals surface area contributed by atoms with Crippen LogP contribution in [0.1, 0.15) is 38.4 Å². The average molecular weight is 240 g/mol. The van der Waals surface area contributed by atoms with Gasteiger partial charge in [0.2, 0.25) is 11.7 Å². The largest absolute Gasteiger partial charge is 0.466 e. The van der Waals surface area contributed by atoms with E-state index in [4.69, 9.17) is 14.0 Å². The molecule has 2 rings (SSSR count). The van der Waals surface area contributed by atoms with E-state index in [-0.39, 0.29) is 18.3 Å². The topological polar surface area (TPSA) is 74.5 Å². The van der Waals surface area contributed by atoms with Crippen LogP contribution in [0, 0.1) is 0 Å². The van der Waals surface area contributed by atoms with Crippen molar-refractivity contribution in [3.8, 4) is 0 Å². The summed E-state index contributed by atoms with van der Waals surface area (Å²) in [7, 11) is 0. The number of rotatable bonds is 4. The van der Waals surface area contributed by atoms with E-state index in [1.165, 1.54) is 0 Å². The van der Waals surface area contributed by atoms with Gasteiger partial charge in [0.1, 0.15) is 12.0 Å². The van der Waals surface area contributed by atoms with E-state index in [1.54, 1.807) is 6.92 Å². The van der Waals surface area contributed by atoms with Gasteiger partial charge < -0.3 is 14.0 Å². The van der Waals surface area contributed by atoms with Crippen LogP contribution in [0.2, 0.25) is 0 Å². The maximum absolute atomic E-state index is 11.2. The molecule has 1 unspecified atom stereocenters. The minimum absolute atomic E-state index is 0.0108. The number of carbonyl (C=O) groups is 1. The molecule has 0 N–H and O–H groups in total. The van der Waals surface area contributed by atoms with Crippen molar-refractivity contribution in [3.63, 3.8) is 0 Å². The second-order valence-corrected chi connectivity index (χ2v) is 4.18. The van der Waals surface area contributed by atoms with Crippen LogP contribution in [0.4, 0.5) is 0 Å². The molecule has 94 valence electrons. The van der Waals surface area contributed by atoms with Crippen LogP contribution in [0.5, 0.6) is 0 Å². The van der Waals surface area contributed by atoms with Gasteiger partial charge in [0.05, 0.1) is 6.61 Å². The molecule has 2 heterocycles. The van der Waals surface area contributed by atoms with Gasteiger partial charge in [-0.25, -0.2) is 0 Å². The Morgan fingerprint density at radius 2 is 2.41 bits per heavy atom. The minimum Gasteiger partial charge on any atom is -0.466 e. The van der Waals surface area contributed by atoms with Crippen molar-refractivity contribution in [2.45, 2.75) is 38.7 Å². The first-order valence-electron chi connectivity index (χ1n) is 5.77. The van der Waals surface area contributed by atoms with Crippen LogP contribution in [0.15, 0.2) is 4.52 Å². The van der Waals surface area contributed by atoms with Crippen LogP contribution in [0.3, 0.4) is 0 Å². The zero-order chi connectivity index (χ0) is 12.3. The summed E-state index contributed by atoms with van der Waals surface area (Å²) in [5.74, 6) is 0.421. The molecule has 1 aliphatic rings. The van der Waals surface area contributed by atoms with Crippen LogP contribution in [0.25, 0.3) is 0 Å².